The van der Waals surface area contributed by atoms with E-state index in [0.717, 1.165) is 30.4 Å². The first-order valence-corrected chi connectivity index (χ1v) is 7.77. The van der Waals surface area contributed by atoms with Gasteiger partial charge in [0.2, 0.25) is 0 Å². The molecule has 1 aromatic rings. The predicted molar refractivity (Wildman–Crippen MR) is 82.9 cm³/mol. The van der Waals surface area contributed by atoms with Crippen LogP contribution in [0.4, 0.5) is 0 Å². The highest BCUT2D eigenvalue weighted by molar-refractivity contribution is 9.10. The second-order valence-electron chi connectivity index (χ2n) is 5.15. The van der Waals surface area contributed by atoms with E-state index < -0.39 is 6.10 Å². The molecule has 1 heterocycles. The highest BCUT2D eigenvalue weighted by Gasteiger charge is 2.26. The third-order valence-electron chi connectivity index (χ3n) is 3.66. The molecule has 1 aromatic carbocycles. The molecule has 1 fully saturated rings. The van der Waals surface area contributed by atoms with Gasteiger partial charge in [0.15, 0.2) is 6.10 Å². The van der Waals surface area contributed by atoms with Crippen LogP contribution in [0.15, 0.2) is 28.7 Å². The van der Waals surface area contributed by atoms with Crippen molar-refractivity contribution < 1.29 is 9.53 Å². The van der Waals surface area contributed by atoms with Crippen molar-refractivity contribution >= 4 is 21.8 Å². The molecule has 1 atom stereocenters. The largest absolute Gasteiger partial charge is 0.481 e. The zero-order chi connectivity index (χ0) is 14.5. The van der Waals surface area contributed by atoms with Gasteiger partial charge in [0.05, 0.1) is 0 Å². The zero-order valence-corrected chi connectivity index (χ0v) is 13.5. The number of nitrogens with zero attached hydrogens (tertiary/aromatic N) is 1. The van der Waals surface area contributed by atoms with Gasteiger partial charge >= 0.3 is 0 Å². The first kappa shape index (κ1) is 15.3. The zero-order valence-electron chi connectivity index (χ0n) is 11.9. The number of hydrogen-bond donors (Lipinski definition) is 1. The van der Waals surface area contributed by atoms with Gasteiger partial charge in [-0.15, -0.1) is 0 Å². The van der Waals surface area contributed by atoms with Crippen LogP contribution in [0.25, 0.3) is 0 Å². The SMILES string of the molecule is CC(Oc1cccc(Br)c1)C(=O)N(C)C1CCNCC1. The smallest absolute Gasteiger partial charge is 0.263 e. The summed E-state index contributed by atoms with van der Waals surface area (Å²) in [6.45, 7) is 3.76. The van der Waals surface area contributed by atoms with Crippen molar-refractivity contribution in [3.05, 3.63) is 28.7 Å². The summed E-state index contributed by atoms with van der Waals surface area (Å²) < 4.78 is 6.68. The van der Waals surface area contributed by atoms with E-state index in [9.17, 15) is 4.79 Å². The van der Waals surface area contributed by atoms with Crippen molar-refractivity contribution in [3.63, 3.8) is 0 Å². The number of benzene rings is 1. The lowest BCUT2D eigenvalue weighted by Gasteiger charge is -2.33. The van der Waals surface area contributed by atoms with Crippen LogP contribution < -0.4 is 10.1 Å². The fourth-order valence-electron chi connectivity index (χ4n) is 2.46. The number of ether oxygens (including phenoxy) is 1. The van der Waals surface area contributed by atoms with Crippen LogP contribution in [0.5, 0.6) is 5.75 Å². The maximum Gasteiger partial charge on any atom is 0.263 e. The lowest BCUT2D eigenvalue weighted by Crippen LogP contribution is -2.48. The summed E-state index contributed by atoms with van der Waals surface area (Å²) >= 11 is 3.40. The monoisotopic (exact) mass is 340 g/mol. The van der Waals surface area contributed by atoms with Gasteiger partial charge < -0.3 is 15.0 Å². The molecule has 4 nitrogen and oxygen atoms in total. The van der Waals surface area contributed by atoms with Gasteiger partial charge in [-0.25, -0.2) is 0 Å². The lowest BCUT2D eigenvalue weighted by molar-refractivity contribution is -0.139. The Kier molecular flexibility index (Phi) is 5.43. The Hall–Kier alpha value is -1.07. The number of rotatable bonds is 4. The Labute approximate surface area is 128 Å². The number of amides is 1. The van der Waals surface area contributed by atoms with Gasteiger partial charge in [0.25, 0.3) is 5.91 Å². The van der Waals surface area contributed by atoms with Crippen molar-refractivity contribution in [2.24, 2.45) is 0 Å². The summed E-state index contributed by atoms with van der Waals surface area (Å²) in [7, 11) is 1.87. The maximum absolute atomic E-state index is 12.4. The molecule has 0 saturated carbocycles. The third kappa shape index (κ3) is 3.96. The van der Waals surface area contributed by atoms with E-state index in [1.165, 1.54) is 0 Å². The van der Waals surface area contributed by atoms with Crippen LogP contribution in [0, 0.1) is 0 Å². The molecule has 0 aliphatic carbocycles. The maximum atomic E-state index is 12.4. The number of piperidine rings is 1. The van der Waals surface area contributed by atoms with E-state index >= 15 is 0 Å². The summed E-state index contributed by atoms with van der Waals surface area (Å²) in [6, 6.07) is 7.87. The molecule has 110 valence electrons. The second kappa shape index (κ2) is 7.09. The van der Waals surface area contributed by atoms with Crippen LogP contribution in [-0.2, 0) is 4.79 Å². The van der Waals surface area contributed by atoms with Crippen LogP contribution >= 0.6 is 15.9 Å². The Morgan fingerprint density at radius 3 is 2.80 bits per heavy atom. The summed E-state index contributed by atoms with van der Waals surface area (Å²) in [5.41, 5.74) is 0. The first-order chi connectivity index (χ1) is 9.58. The number of likely N-dealkylation sites (N-methyl/N-ethyl adjacent to an activating group) is 1. The van der Waals surface area contributed by atoms with Crippen LogP contribution in [0.2, 0.25) is 0 Å². The Morgan fingerprint density at radius 1 is 1.45 bits per heavy atom. The van der Waals surface area contributed by atoms with Crippen molar-refractivity contribution in [1.29, 1.82) is 0 Å². The molecule has 1 N–H and O–H groups in total. The summed E-state index contributed by atoms with van der Waals surface area (Å²) in [5.74, 6) is 0.746. The number of halogens is 1. The van der Waals surface area contributed by atoms with Gasteiger partial charge in [0, 0.05) is 17.6 Å². The lowest BCUT2D eigenvalue weighted by atomic mass is 10.0. The van der Waals surface area contributed by atoms with Crippen molar-refractivity contribution in [2.75, 3.05) is 20.1 Å². The fraction of sp³-hybridized carbons (Fsp3) is 0.533. The molecule has 1 amide bonds. The summed E-state index contributed by atoms with van der Waals surface area (Å²) in [5, 5.41) is 3.31. The van der Waals surface area contributed by atoms with Gasteiger partial charge in [-0.05, 0) is 51.1 Å². The Bertz CT molecular complexity index is 461. The average molecular weight is 341 g/mol. The first-order valence-electron chi connectivity index (χ1n) is 6.97. The van der Waals surface area contributed by atoms with Crippen LogP contribution in [0.3, 0.4) is 0 Å². The molecule has 0 bridgehead atoms. The third-order valence-corrected chi connectivity index (χ3v) is 4.15. The molecule has 1 saturated heterocycles. The second-order valence-corrected chi connectivity index (χ2v) is 6.06. The topological polar surface area (TPSA) is 41.6 Å². The number of carbonyl (C=O) groups excluding carboxylic acids is 1. The quantitative estimate of drug-likeness (QED) is 0.915. The minimum Gasteiger partial charge on any atom is -0.481 e. The molecule has 0 spiro atoms. The van der Waals surface area contributed by atoms with Crippen molar-refractivity contribution in [2.45, 2.75) is 31.9 Å². The van der Waals surface area contributed by atoms with E-state index in [-0.39, 0.29) is 5.91 Å². The summed E-state index contributed by atoms with van der Waals surface area (Å²) in [6.07, 6.45) is 1.54. The Morgan fingerprint density at radius 2 is 2.15 bits per heavy atom. The molecular weight excluding hydrogens is 320 g/mol. The predicted octanol–water partition coefficient (Wildman–Crippen LogP) is 2.43. The van der Waals surface area contributed by atoms with E-state index in [4.69, 9.17) is 4.74 Å². The van der Waals surface area contributed by atoms with E-state index in [2.05, 4.69) is 21.2 Å². The van der Waals surface area contributed by atoms with Gasteiger partial charge in [-0.2, -0.15) is 0 Å². The van der Waals surface area contributed by atoms with E-state index in [0.29, 0.717) is 11.8 Å². The van der Waals surface area contributed by atoms with E-state index in [1.54, 1.807) is 6.92 Å². The van der Waals surface area contributed by atoms with Crippen LogP contribution in [-0.4, -0.2) is 43.1 Å². The normalized spacial score (nSPS) is 17.6. The van der Waals surface area contributed by atoms with Gasteiger partial charge in [-0.3, -0.25) is 4.79 Å². The summed E-state index contributed by atoms with van der Waals surface area (Å²) in [4.78, 5) is 14.2. The fourth-order valence-corrected chi connectivity index (χ4v) is 2.83. The standard InChI is InChI=1S/C15H21BrN2O2/c1-11(20-14-5-3-4-12(16)10-14)15(19)18(2)13-6-8-17-9-7-13/h3-5,10-11,13,17H,6-9H2,1-2H3. The molecule has 1 unspecified atom stereocenters. The van der Waals surface area contributed by atoms with Crippen molar-refractivity contribution in [1.82, 2.24) is 10.2 Å². The van der Waals surface area contributed by atoms with Crippen molar-refractivity contribution in [3.8, 4) is 5.75 Å². The van der Waals surface area contributed by atoms with Crippen LogP contribution in [0.1, 0.15) is 19.8 Å². The number of hydrogen-bond acceptors (Lipinski definition) is 3. The molecule has 0 radical (unpaired) electrons. The minimum absolute atomic E-state index is 0.0388. The number of nitrogens with one attached hydrogen (secondary N) is 1. The molecule has 1 aliphatic heterocycles. The van der Waals surface area contributed by atoms with Gasteiger partial charge in [0.1, 0.15) is 5.75 Å². The van der Waals surface area contributed by atoms with E-state index in [1.807, 2.05) is 36.2 Å². The molecule has 5 heteroatoms. The molecule has 2 rings (SSSR count). The highest BCUT2D eigenvalue weighted by atomic mass is 79.9. The molecular formula is C15H21BrN2O2. The molecule has 20 heavy (non-hydrogen) atoms. The number of carbonyl (C=O) groups is 1. The van der Waals surface area contributed by atoms with Gasteiger partial charge in [-0.1, -0.05) is 22.0 Å². The Balaban J connectivity index is 1.93. The molecule has 0 aromatic heterocycles. The minimum atomic E-state index is -0.468. The average Bonchev–Trinajstić information content (AvgIpc) is 2.46. The molecule has 1 aliphatic rings. The highest BCUT2D eigenvalue weighted by Crippen LogP contribution is 2.20.